The van der Waals surface area contributed by atoms with Crippen LogP contribution in [-0.4, -0.2) is 7.11 Å². The van der Waals surface area contributed by atoms with Crippen molar-refractivity contribution in [1.29, 1.82) is 0 Å². The lowest BCUT2D eigenvalue weighted by Gasteiger charge is -2.11. The van der Waals surface area contributed by atoms with E-state index in [1.165, 1.54) is 28.8 Å². The molecule has 0 aliphatic heterocycles. The maximum absolute atomic E-state index is 13.5. The van der Waals surface area contributed by atoms with Crippen LogP contribution in [0.3, 0.4) is 0 Å². The summed E-state index contributed by atoms with van der Waals surface area (Å²) in [6.07, 6.45) is 0. The first-order valence-electron chi connectivity index (χ1n) is 6.14. The standard InChI is InChI=1S/C16H12BrFOS/c1-19-14-8-10(6-7-13(14)18)16(17)12-9-20-15-5-3-2-4-11(12)15/h2-9,16H,1H3. The zero-order valence-electron chi connectivity index (χ0n) is 10.8. The summed E-state index contributed by atoms with van der Waals surface area (Å²) in [5, 5.41) is 3.36. The summed E-state index contributed by atoms with van der Waals surface area (Å²) in [5.74, 6) is -0.0717. The normalized spacial score (nSPS) is 12.6. The quantitative estimate of drug-likeness (QED) is 0.564. The lowest BCUT2D eigenvalue weighted by molar-refractivity contribution is 0.386. The van der Waals surface area contributed by atoms with Crippen LogP contribution < -0.4 is 4.74 Å². The van der Waals surface area contributed by atoms with E-state index in [9.17, 15) is 4.39 Å². The third kappa shape index (κ3) is 2.34. The molecule has 0 bridgehead atoms. The van der Waals surface area contributed by atoms with Crippen molar-refractivity contribution in [3.8, 4) is 5.75 Å². The van der Waals surface area contributed by atoms with Crippen LogP contribution in [0, 0.1) is 5.82 Å². The highest BCUT2D eigenvalue weighted by atomic mass is 79.9. The van der Waals surface area contributed by atoms with Gasteiger partial charge in [0.05, 0.1) is 11.9 Å². The van der Waals surface area contributed by atoms with Crippen LogP contribution in [0.4, 0.5) is 4.39 Å². The van der Waals surface area contributed by atoms with E-state index in [0.29, 0.717) is 0 Å². The number of alkyl halides is 1. The van der Waals surface area contributed by atoms with Gasteiger partial charge in [0.1, 0.15) is 0 Å². The molecule has 1 atom stereocenters. The van der Waals surface area contributed by atoms with Crippen molar-refractivity contribution in [2.24, 2.45) is 0 Å². The molecule has 0 amide bonds. The fourth-order valence-electron chi connectivity index (χ4n) is 2.21. The van der Waals surface area contributed by atoms with Gasteiger partial charge in [-0.2, -0.15) is 0 Å². The Morgan fingerprint density at radius 2 is 2.00 bits per heavy atom. The monoisotopic (exact) mass is 350 g/mol. The van der Waals surface area contributed by atoms with Crippen LogP contribution in [0.5, 0.6) is 5.75 Å². The highest BCUT2D eigenvalue weighted by Gasteiger charge is 2.16. The molecule has 3 aromatic rings. The lowest BCUT2D eigenvalue weighted by atomic mass is 10.0. The highest BCUT2D eigenvalue weighted by molar-refractivity contribution is 9.09. The Hall–Kier alpha value is -1.39. The third-order valence-electron chi connectivity index (χ3n) is 3.25. The molecular weight excluding hydrogens is 339 g/mol. The van der Waals surface area contributed by atoms with Crippen molar-refractivity contribution in [2.75, 3.05) is 7.11 Å². The summed E-state index contributed by atoms with van der Waals surface area (Å²) < 4.78 is 19.8. The number of thiophene rings is 1. The molecule has 4 heteroatoms. The largest absolute Gasteiger partial charge is 0.494 e. The van der Waals surface area contributed by atoms with Crippen LogP contribution in [-0.2, 0) is 0 Å². The number of methoxy groups -OCH3 is 1. The van der Waals surface area contributed by atoms with Crippen molar-refractivity contribution in [3.63, 3.8) is 0 Å². The lowest BCUT2D eigenvalue weighted by Crippen LogP contribution is -1.95. The average molecular weight is 351 g/mol. The van der Waals surface area contributed by atoms with Gasteiger partial charge >= 0.3 is 0 Å². The summed E-state index contributed by atoms with van der Waals surface area (Å²) >= 11 is 5.43. The van der Waals surface area contributed by atoms with Crippen LogP contribution in [0.15, 0.2) is 47.8 Å². The number of hydrogen-bond donors (Lipinski definition) is 0. The van der Waals surface area contributed by atoms with E-state index >= 15 is 0 Å². The predicted molar refractivity (Wildman–Crippen MR) is 85.5 cm³/mol. The molecule has 0 aliphatic carbocycles. The molecule has 0 radical (unpaired) electrons. The molecule has 1 aromatic heterocycles. The van der Waals surface area contributed by atoms with Gasteiger partial charge in [0.25, 0.3) is 0 Å². The minimum atomic E-state index is -0.342. The summed E-state index contributed by atoms with van der Waals surface area (Å²) in [5.41, 5.74) is 2.17. The van der Waals surface area contributed by atoms with Crippen molar-refractivity contribution in [1.82, 2.24) is 0 Å². The topological polar surface area (TPSA) is 9.23 Å². The van der Waals surface area contributed by atoms with Gasteiger partial charge in [-0.15, -0.1) is 11.3 Å². The Morgan fingerprint density at radius 3 is 2.80 bits per heavy atom. The zero-order chi connectivity index (χ0) is 14.1. The second-order valence-electron chi connectivity index (χ2n) is 4.44. The minimum absolute atomic E-state index is 0.0214. The van der Waals surface area contributed by atoms with E-state index in [1.807, 2.05) is 12.1 Å². The summed E-state index contributed by atoms with van der Waals surface area (Å²) in [6.45, 7) is 0. The molecule has 1 heterocycles. The van der Waals surface area contributed by atoms with Gasteiger partial charge < -0.3 is 4.74 Å². The van der Waals surface area contributed by atoms with Crippen LogP contribution in [0.25, 0.3) is 10.1 Å². The van der Waals surface area contributed by atoms with E-state index in [2.05, 4.69) is 33.4 Å². The van der Waals surface area contributed by atoms with Crippen molar-refractivity contribution < 1.29 is 9.13 Å². The van der Waals surface area contributed by atoms with Crippen LogP contribution >= 0.6 is 27.3 Å². The second kappa shape index (κ2) is 5.54. The van der Waals surface area contributed by atoms with Gasteiger partial charge in [0, 0.05) is 4.70 Å². The zero-order valence-corrected chi connectivity index (χ0v) is 13.2. The van der Waals surface area contributed by atoms with Crippen molar-refractivity contribution in [3.05, 3.63) is 64.8 Å². The maximum atomic E-state index is 13.5. The number of rotatable bonds is 3. The van der Waals surface area contributed by atoms with Crippen molar-refractivity contribution >= 4 is 37.4 Å². The molecule has 0 N–H and O–H groups in total. The Morgan fingerprint density at radius 1 is 1.20 bits per heavy atom. The van der Waals surface area contributed by atoms with E-state index in [1.54, 1.807) is 23.5 Å². The van der Waals surface area contributed by atoms with Gasteiger partial charge in [-0.3, -0.25) is 0 Å². The first kappa shape index (κ1) is 13.6. The summed E-state index contributed by atoms with van der Waals surface area (Å²) in [6, 6.07) is 13.2. The fourth-order valence-corrected chi connectivity index (χ4v) is 4.03. The van der Waals surface area contributed by atoms with Crippen LogP contribution in [0.1, 0.15) is 16.0 Å². The van der Waals surface area contributed by atoms with E-state index < -0.39 is 0 Å². The molecule has 20 heavy (non-hydrogen) atoms. The van der Waals surface area contributed by atoms with E-state index in [4.69, 9.17) is 4.74 Å². The Balaban J connectivity index is 2.06. The number of hydrogen-bond acceptors (Lipinski definition) is 2. The number of ether oxygens (including phenoxy) is 1. The van der Waals surface area contributed by atoms with Gasteiger partial charge in [-0.1, -0.05) is 40.2 Å². The number of benzene rings is 2. The molecule has 0 spiro atoms. The van der Waals surface area contributed by atoms with Crippen LogP contribution in [0.2, 0.25) is 0 Å². The van der Waals surface area contributed by atoms with Gasteiger partial charge in [0.15, 0.2) is 11.6 Å². The molecule has 3 rings (SSSR count). The maximum Gasteiger partial charge on any atom is 0.165 e. The van der Waals surface area contributed by atoms with Gasteiger partial charge in [-0.05, 0) is 40.1 Å². The first-order chi connectivity index (χ1) is 9.70. The number of fused-ring (bicyclic) bond motifs is 1. The smallest absolute Gasteiger partial charge is 0.165 e. The Labute approximate surface area is 129 Å². The summed E-state index contributed by atoms with van der Waals surface area (Å²) in [7, 11) is 1.48. The summed E-state index contributed by atoms with van der Waals surface area (Å²) in [4.78, 5) is 0.0214. The molecule has 0 aliphatic rings. The van der Waals surface area contributed by atoms with E-state index in [0.717, 1.165) is 5.56 Å². The molecule has 102 valence electrons. The molecule has 0 fully saturated rings. The van der Waals surface area contributed by atoms with Crippen molar-refractivity contribution in [2.45, 2.75) is 4.83 Å². The predicted octanol–water partition coefficient (Wildman–Crippen LogP) is 5.53. The second-order valence-corrected chi connectivity index (χ2v) is 6.27. The Kier molecular flexibility index (Phi) is 3.76. The minimum Gasteiger partial charge on any atom is -0.494 e. The van der Waals surface area contributed by atoms with Gasteiger partial charge in [0.2, 0.25) is 0 Å². The third-order valence-corrected chi connectivity index (χ3v) is 5.26. The van der Waals surface area contributed by atoms with Gasteiger partial charge in [-0.25, -0.2) is 4.39 Å². The SMILES string of the molecule is COc1cc(C(Br)c2csc3ccccc23)ccc1F. The average Bonchev–Trinajstić information content (AvgIpc) is 2.91. The molecule has 0 saturated carbocycles. The molecule has 2 aromatic carbocycles. The molecule has 0 saturated heterocycles. The molecule has 1 unspecified atom stereocenters. The Bertz CT molecular complexity index is 753. The fraction of sp³-hybridized carbons (Fsp3) is 0.125. The number of halogens is 2. The highest BCUT2D eigenvalue weighted by Crippen LogP contribution is 2.39. The molecule has 1 nitrogen and oxygen atoms in total. The molecular formula is C16H12BrFOS. The van der Waals surface area contributed by atoms with E-state index in [-0.39, 0.29) is 16.4 Å². The first-order valence-corrected chi connectivity index (χ1v) is 7.94.